The number of fused-ring (bicyclic) bond motifs is 1. The topological polar surface area (TPSA) is 112 Å². The fourth-order valence-corrected chi connectivity index (χ4v) is 3.65. The molecular formula is C23H26N6O2. The first-order valence-corrected chi connectivity index (χ1v) is 10.2. The van der Waals surface area contributed by atoms with Gasteiger partial charge in [0.05, 0.1) is 12.3 Å². The van der Waals surface area contributed by atoms with E-state index < -0.39 is 0 Å². The highest BCUT2D eigenvalue weighted by molar-refractivity contribution is 5.73. The summed E-state index contributed by atoms with van der Waals surface area (Å²) in [7, 11) is 0. The average Bonchev–Trinajstić information content (AvgIpc) is 3.11. The smallest absolute Gasteiger partial charge is 0.227 e. The van der Waals surface area contributed by atoms with E-state index in [2.05, 4.69) is 30.9 Å². The summed E-state index contributed by atoms with van der Waals surface area (Å²) in [6.45, 7) is 6.68. The van der Waals surface area contributed by atoms with Crippen molar-refractivity contribution >= 4 is 23.4 Å². The Hall–Kier alpha value is -3.52. The Bertz CT molecular complexity index is 1130. The van der Waals surface area contributed by atoms with Crippen LogP contribution in [0.25, 0.3) is 11.3 Å². The minimum atomic E-state index is -0.363. The van der Waals surface area contributed by atoms with Crippen molar-refractivity contribution in [3.8, 4) is 11.3 Å². The van der Waals surface area contributed by atoms with Crippen LogP contribution in [0.5, 0.6) is 0 Å². The number of carbonyl (C=O) groups is 1. The number of nitrogens with one attached hydrogen (secondary N) is 3. The highest BCUT2D eigenvalue weighted by Crippen LogP contribution is 2.37. The van der Waals surface area contributed by atoms with Crippen molar-refractivity contribution in [3.05, 3.63) is 59.4 Å². The minimum Gasteiger partial charge on any atom is -0.395 e. The quantitative estimate of drug-likeness (QED) is 0.487. The van der Waals surface area contributed by atoms with E-state index in [0.29, 0.717) is 19.0 Å². The zero-order valence-corrected chi connectivity index (χ0v) is 17.9. The van der Waals surface area contributed by atoms with Gasteiger partial charge >= 0.3 is 0 Å². The van der Waals surface area contributed by atoms with Gasteiger partial charge in [0, 0.05) is 54.6 Å². The van der Waals surface area contributed by atoms with Crippen LogP contribution in [0.3, 0.4) is 0 Å². The van der Waals surface area contributed by atoms with E-state index in [4.69, 9.17) is 0 Å². The molecule has 3 aromatic rings. The molecule has 0 spiro atoms. The largest absolute Gasteiger partial charge is 0.395 e. The number of aliphatic hydroxyl groups is 1. The maximum Gasteiger partial charge on any atom is 0.227 e. The number of amides is 1. The molecule has 0 bridgehead atoms. The van der Waals surface area contributed by atoms with Gasteiger partial charge in [-0.1, -0.05) is 19.1 Å². The Morgan fingerprint density at radius 1 is 1.29 bits per heavy atom. The summed E-state index contributed by atoms with van der Waals surface area (Å²) in [5.41, 5.74) is 5.16. The molecule has 8 heteroatoms. The Morgan fingerprint density at radius 2 is 2.13 bits per heavy atom. The summed E-state index contributed by atoms with van der Waals surface area (Å²) in [5, 5.41) is 19.2. The summed E-state index contributed by atoms with van der Waals surface area (Å²) in [6, 6.07) is 9.74. The number of aliphatic hydroxyl groups excluding tert-OH is 1. The van der Waals surface area contributed by atoms with Gasteiger partial charge in [-0.15, -0.1) is 0 Å². The molecule has 0 saturated heterocycles. The molecule has 4 rings (SSSR count). The number of hydrogen-bond donors (Lipinski definition) is 4. The maximum absolute atomic E-state index is 11.2. The van der Waals surface area contributed by atoms with E-state index in [1.54, 1.807) is 12.4 Å². The van der Waals surface area contributed by atoms with Gasteiger partial charge in [-0.05, 0) is 36.2 Å². The van der Waals surface area contributed by atoms with Crippen LogP contribution in [0.15, 0.2) is 42.7 Å². The minimum absolute atomic E-state index is 0.0445. The molecule has 0 radical (unpaired) electrons. The van der Waals surface area contributed by atoms with E-state index in [-0.39, 0.29) is 17.9 Å². The zero-order valence-electron chi connectivity index (χ0n) is 17.9. The Kier molecular flexibility index (Phi) is 5.56. The van der Waals surface area contributed by atoms with Crippen molar-refractivity contribution in [3.63, 3.8) is 0 Å². The predicted octanol–water partition coefficient (Wildman–Crippen LogP) is 2.90. The van der Waals surface area contributed by atoms with Gasteiger partial charge < -0.3 is 21.1 Å². The first-order chi connectivity index (χ1) is 14.9. The van der Waals surface area contributed by atoms with Crippen LogP contribution < -0.4 is 16.0 Å². The second kappa shape index (κ2) is 8.31. The third-order valence-corrected chi connectivity index (χ3v) is 5.70. The second-order valence-electron chi connectivity index (χ2n) is 8.08. The van der Waals surface area contributed by atoms with Gasteiger partial charge in [-0.3, -0.25) is 4.79 Å². The predicted molar refractivity (Wildman–Crippen MR) is 120 cm³/mol. The molecule has 8 nitrogen and oxygen atoms in total. The molecule has 1 unspecified atom stereocenters. The number of anilines is 3. The Balaban J connectivity index is 1.60. The van der Waals surface area contributed by atoms with Crippen LogP contribution in [0.2, 0.25) is 0 Å². The van der Waals surface area contributed by atoms with Crippen molar-refractivity contribution in [1.82, 2.24) is 20.3 Å². The second-order valence-corrected chi connectivity index (χ2v) is 8.08. The number of rotatable bonds is 6. The lowest BCUT2D eigenvalue weighted by atomic mass is 9.85. The molecule has 0 fully saturated rings. The van der Waals surface area contributed by atoms with E-state index in [1.807, 2.05) is 44.2 Å². The van der Waals surface area contributed by atoms with Crippen molar-refractivity contribution in [2.45, 2.75) is 32.7 Å². The number of benzene rings is 1. The Morgan fingerprint density at radius 3 is 2.90 bits per heavy atom. The molecule has 0 saturated carbocycles. The Labute approximate surface area is 181 Å². The number of carbonyl (C=O) groups excluding carboxylic acids is 1. The van der Waals surface area contributed by atoms with Gasteiger partial charge in [0.2, 0.25) is 11.9 Å². The van der Waals surface area contributed by atoms with Crippen molar-refractivity contribution in [2.24, 2.45) is 0 Å². The summed E-state index contributed by atoms with van der Waals surface area (Å²) in [4.78, 5) is 24.8. The molecular weight excluding hydrogens is 392 g/mol. The van der Waals surface area contributed by atoms with Crippen molar-refractivity contribution < 1.29 is 9.90 Å². The number of pyridine rings is 1. The van der Waals surface area contributed by atoms with Crippen LogP contribution in [-0.4, -0.2) is 39.1 Å². The third kappa shape index (κ3) is 4.20. The molecule has 2 aromatic heterocycles. The molecule has 3 heterocycles. The highest BCUT2D eigenvalue weighted by atomic mass is 16.3. The lowest BCUT2D eigenvalue weighted by Crippen LogP contribution is -2.28. The van der Waals surface area contributed by atoms with Crippen LogP contribution in [0, 0.1) is 6.92 Å². The normalized spacial score (nSPS) is 17.0. The monoisotopic (exact) mass is 418 g/mol. The average molecular weight is 419 g/mol. The van der Waals surface area contributed by atoms with Gasteiger partial charge in [-0.25, -0.2) is 15.0 Å². The molecule has 1 aromatic carbocycles. The van der Waals surface area contributed by atoms with Crippen molar-refractivity contribution in [1.29, 1.82) is 0 Å². The van der Waals surface area contributed by atoms with Crippen molar-refractivity contribution in [2.75, 3.05) is 23.8 Å². The van der Waals surface area contributed by atoms with E-state index in [0.717, 1.165) is 39.5 Å². The molecule has 0 aliphatic carbocycles. The maximum atomic E-state index is 11.2. The van der Waals surface area contributed by atoms with Crippen LogP contribution in [0.1, 0.15) is 30.5 Å². The van der Waals surface area contributed by atoms with E-state index in [1.165, 1.54) is 6.92 Å². The molecule has 1 atom stereocenters. The lowest BCUT2D eigenvalue weighted by Gasteiger charge is -2.20. The number of aromatic nitrogens is 3. The molecule has 1 aliphatic heterocycles. The molecule has 4 N–H and O–H groups in total. The molecule has 1 aliphatic rings. The highest BCUT2D eigenvalue weighted by Gasteiger charge is 2.35. The van der Waals surface area contributed by atoms with E-state index in [9.17, 15) is 9.90 Å². The summed E-state index contributed by atoms with van der Waals surface area (Å²) >= 11 is 0. The van der Waals surface area contributed by atoms with Gasteiger partial charge in [-0.2, -0.15) is 0 Å². The van der Waals surface area contributed by atoms with Gasteiger partial charge in [0.25, 0.3) is 0 Å². The first kappa shape index (κ1) is 20.7. The SMILES string of the molecule is CC(=O)NCc1cccc(Nc2nccc(-c3cnc4c(c3)C(C)(CO)CN4)n2)c1C. The first-order valence-electron chi connectivity index (χ1n) is 10.2. The summed E-state index contributed by atoms with van der Waals surface area (Å²) < 4.78 is 0. The lowest BCUT2D eigenvalue weighted by molar-refractivity contribution is -0.119. The molecule has 160 valence electrons. The number of hydrogen-bond acceptors (Lipinski definition) is 7. The summed E-state index contributed by atoms with van der Waals surface area (Å²) in [6.07, 6.45) is 3.48. The third-order valence-electron chi connectivity index (χ3n) is 5.70. The molecule has 1 amide bonds. The zero-order chi connectivity index (χ0) is 22.0. The fraction of sp³-hybridized carbons (Fsp3) is 0.304. The fourth-order valence-electron chi connectivity index (χ4n) is 3.65. The summed E-state index contributed by atoms with van der Waals surface area (Å²) in [5.74, 6) is 1.21. The van der Waals surface area contributed by atoms with Gasteiger partial charge in [0.1, 0.15) is 5.82 Å². The van der Waals surface area contributed by atoms with Gasteiger partial charge in [0.15, 0.2) is 0 Å². The standard InChI is InChI=1S/C23H26N6O2/c1-14-16(10-25-15(2)31)5-4-6-19(14)28-22-24-8-7-20(29-22)17-9-18-21(26-11-17)27-12-23(18,3)13-30/h4-9,11,30H,10,12-13H2,1-3H3,(H,25,31)(H,26,27)(H,24,28,29). The van der Waals surface area contributed by atoms with Crippen LogP contribution in [0.4, 0.5) is 17.5 Å². The van der Waals surface area contributed by atoms with Crippen LogP contribution >= 0.6 is 0 Å². The van der Waals surface area contributed by atoms with E-state index >= 15 is 0 Å². The number of nitrogens with zero attached hydrogens (tertiary/aromatic N) is 3. The molecule has 31 heavy (non-hydrogen) atoms. The van der Waals surface area contributed by atoms with Crippen LogP contribution in [-0.2, 0) is 16.8 Å².